The second kappa shape index (κ2) is 3.10. The lowest BCUT2D eigenvalue weighted by molar-refractivity contribution is 0.0981. The number of nitrogens with two attached hydrogens (primary N) is 1. The topological polar surface area (TPSA) is 55.1 Å². The molecule has 0 unspecified atom stereocenters. The van der Waals surface area contributed by atoms with Crippen molar-refractivity contribution in [3.05, 3.63) is 29.8 Å². The molecule has 1 aromatic carbocycles. The molecule has 0 aliphatic heterocycles. The van der Waals surface area contributed by atoms with Crippen LogP contribution in [0.2, 0.25) is 0 Å². The third-order valence-electron chi connectivity index (χ3n) is 1.30. The Morgan fingerprint density at radius 2 is 1.91 bits per heavy atom. The van der Waals surface area contributed by atoms with Crippen LogP contribution in [0.3, 0.4) is 0 Å². The normalized spacial score (nSPS) is 9.09. The van der Waals surface area contributed by atoms with E-state index >= 15 is 0 Å². The zero-order valence-electron chi connectivity index (χ0n) is 5.87. The highest BCUT2D eigenvalue weighted by Gasteiger charge is 1.99. The molecule has 3 nitrogen and oxygen atoms in total. The van der Waals surface area contributed by atoms with Crippen LogP contribution < -0.4 is 11.0 Å². The first-order valence-electron chi connectivity index (χ1n) is 3.10. The Bertz CT molecular complexity index is 258. The van der Waals surface area contributed by atoms with Crippen molar-refractivity contribution < 1.29 is 4.79 Å². The monoisotopic (exact) mass is 146 g/mol. The van der Waals surface area contributed by atoms with E-state index in [0.717, 1.165) is 0 Å². The molecule has 0 saturated carbocycles. The van der Waals surface area contributed by atoms with Gasteiger partial charge in [0.15, 0.2) is 0 Å². The number of rotatable bonds is 1. The summed E-state index contributed by atoms with van der Waals surface area (Å²) in [6.45, 7) is 0. The second-order valence-corrected chi connectivity index (χ2v) is 2.10. The summed E-state index contributed by atoms with van der Waals surface area (Å²) in [5.74, 6) is -0.315. The van der Waals surface area contributed by atoms with Gasteiger partial charge in [-0.15, -0.1) is 0 Å². The van der Waals surface area contributed by atoms with Crippen LogP contribution >= 0.6 is 0 Å². The van der Waals surface area contributed by atoms with Gasteiger partial charge >= 0.3 is 0 Å². The summed E-state index contributed by atoms with van der Waals surface area (Å²) in [5.41, 5.74) is 6.53. The van der Waals surface area contributed by atoms with Crippen LogP contribution in [-0.4, -0.2) is 13.9 Å². The van der Waals surface area contributed by atoms with Gasteiger partial charge in [-0.05, 0) is 24.3 Å². The van der Waals surface area contributed by atoms with Crippen LogP contribution in [-0.2, 0) is 0 Å². The van der Waals surface area contributed by atoms with E-state index in [1.807, 2.05) is 5.23 Å². The summed E-state index contributed by atoms with van der Waals surface area (Å²) in [6, 6.07) is 6.50. The van der Waals surface area contributed by atoms with Gasteiger partial charge in [0.05, 0.1) is 0 Å². The van der Waals surface area contributed by atoms with Gasteiger partial charge in [-0.25, -0.2) is 0 Å². The van der Waals surface area contributed by atoms with E-state index in [1.165, 1.54) is 0 Å². The fourth-order valence-corrected chi connectivity index (χ4v) is 0.718. The van der Waals surface area contributed by atoms with Crippen molar-refractivity contribution in [3.63, 3.8) is 0 Å². The summed E-state index contributed by atoms with van der Waals surface area (Å²) in [7, 11) is 4.91. The van der Waals surface area contributed by atoms with Crippen LogP contribution in [0.5, 0.6) is 0 Å². The number of amides is 1. The quantitative estimate of drug-likeness (QED) is 0.435. The molecule has 0 heterocycles. The highest BCUT2D eigenvalue weighted by atomic mass is 16.1. The summed E-state index contributed by atoms with van der Waals surface area (Å²) < 4.78 is 0. The van der Waals surface area contributed by atoms with Crippen molar-refractivity contribution in [2.24, 2.45) is 0 Å². The number of hydrogen-bond acceptors (Lipinski definition) is 2. The number of nitrogens with one attached hydrogen (secondary N) is 1. The fourth-order valence-electron chi connectivity index (χ4n) is 0.718. The maximum Gasteiger partial charge on any atom is 0.238 e. The van der Waals surface area contributed by atoms with Crippen molar-refractivity contribution in [1.82, 2.24) is 5.23 Å². The van der Waals surface area contributed by atoms with Gasteiger partial charge in [0.25, 0.3) is 0 Å². The summed E-state index contributed by atoms with van der Waals surface area (Å²) >= 11 is 0. The number of benzene rings is 1. The van der Waals surface area contributed by atoms with E-state index in [0.29, 0.717) is 11.3 Å². The molecule has 0 aliphatic carbocycles. The maximum absolute atomic E-state index is 10.8. The highest BCUT2D eigenvalue weighted by Crippen LogP contribution is 2.04. The molecule has 0 aromatic heterocycles. The molecule has 1 amide bonds. The van der Waals surface area contributed by atoms with Crippen molar-refractivity contribution >= 4 is 19.6 Å². The largest absolute Gasteiger partial charge is 0.405 e. The number of hydrogen-bond donors (Lipinski definition) is 2. The lowest BCUT2D eigenvalue weighted by Gasteiger charge is -1.98. The average Bonchev–Trinajstić information content (AvgIpc) is 2.05. The molecule has 54 valence electrons. The molecule has 2 radical (unpaired) electrons. The van der Waals surface area contributed by atoms with Crippen LogP contribution in [0.1, 0.15) is 10.4 Å². The minimum atomic E-state index is -0.315. The van der Waals surface area contributed by atoms with E-state index in [4.69, 9.17) is 13.7 Å². The van der Waals surface area contributed by atoms with Crippen molar-refractivity contribution in [2.45, 2.75) is 0 Å². The Labute approximate surface area is 66.0 Å². The summed E-state index contributed by atoms with van der Waals surface area (Å²) in [6.07, 6.45) is 0. The molecule has 0 saturated heterocycles. The van der Waals surface area contributed by atoms with Gasteiger partial charge in [-0.1, -0.05) is 0 Å². The van der Waals surface area contributed by atoms with E-state index in [1.54, 1.807) is 24.3 Å². The maximum atomic E-state index is 10.8. The van der Waals surface area contributed by atoms with E-state index in [2.05, 4.69) is 0 Å². The first kappa shape index (κ1) is 7.66. The third-order valence-corrected chi connectivity index (χ3v) is 1.30. The molecule has 11 heavy (non-hydrogen) atoms. The molecular weight excluding hydrogens is 139 g/mol. The summed E-state index contributed by atoms with van der Waals surface area (Å²) in [4.78, 5) is 10.8. The number of nitrogen functional groups attached to an aromatic ring is 1. The van der Waals surface area contributed by atoms with Gasteiger partial charge in [0, 0.05) is 11.3 Å². The first-order chi connectivity index (χ1) is 5.24. The molecule has 1 aromatic rings. The van der Waals surface area contributed by atoms with Crippen LogP contribution in [0, 0.1) is 0 Å². The van der Waals surface area contributed by atoms with E-state index in [-0.39, 0.29) is 5.91 Å². The third kappa shape index (κ3) is 1.74. The van der Waals surface area contributed by atoms with Gasteiger partial charge < -0.3 is 11.0 Å². The highest BCUT2D eigenvalue weighted by molar-refractivity contribution is 6.18. The minimum Gasteiger partial charge on any atom is -0.405 e. The minimum absolute atomic E-state index is 0.315. The molecule has 0 atom stereocenters. The molecule has 4 heteroatoms. The number of carbonyl (C=O) groups is 1. The number of carbonyl (C=O) groups excluding carboxylic acids is 1. The number of anilines is 1. The molecule has 0 aliphatic rings. The predicted molar refractivity (Wildman–Crippen MR) is 44.1 cm³/mol. The van der Waals surface area contributed by atoms with Crippen LogP contribution in [0.4, 0.5) is 5.69 Å². The molecule has 0 fully saturated rings. The van der Waals surface area contributed by atoms with E-state index < -0.39 is 0 Å². The lowest BCUT2D eigenvalue weighted by atomic mass is 10.2. The molecular formula is C7H7BN2O. The Kier molecular flexibility index (Phi) is 2.16. The SMILES string of the molecule is [B]NC(=O)c1ccc(N)cc1. The van der Waals surface area contributed by atoms with Gasteiger partial charge in [-0.2, -0.15) is 0 Å². The van der Waals surface area contributed by atoms with Crippen LogP contribution in [0.25, 0.3) is 0 Å². The zero-order chi connectivity index (χ0) is 8.27. The standard InChI is InChI=1S/C7H7BN2O/c8-10-7(11)5-1-3-6(9)4-2-5/h1-4H,9H2,(H,10,11). The second-order valence-electron chi connectivity index (χ2n) is 2.10. The Hall–Kier alpha value is -1.45. The van der Waals surface area contributed by atoms with Crippen LogP contribution in [0.15, 0.2) is 24.3 Å². The predicted octanol–water partition coefficient (Wildman–Crippen LogP) is 0.0821. The molecule has 0 spiro atoms. The first-order valence-corrected chi connectivity index (χ1v) is 3.10. The van der Waals surface area contributed by atoms with Gasteiger partial charge in [0.1, 0.15) is 0 Å². The average molecular weight is 146 g/mol. The van der Waals surface area contributed by atoms with E-state index in [9.17, 15) is 4.79 Å². The van der Waals surface area contributed by atoms with Gasteiger partial charge in [-0.3, -0.25) is 4.79 Å². The fraction of sp³-hybridized carbons (Fsp3) is 0. The van der Waals surface area contributed by atoms with Crippen molar-refractivity contribution in [1.29, 1.82) is 0 Å². The molecule has 0 bridgehead atoms. The summed E-state index contributed by atoms with van der Waals surface area (Å²) in [5, 5.41) is 2.02. The zero-order valence-corrected chi connectivity index (χ0v) is 5.87. The smallest absolute Gasteiger partial charge is 0.238 e. The van der Waals surface area contributed by atoms with Crippen molar-refractivity contribution in [3.8, 4) is 0 Å². The Morgan fingerprint density at radius 1 is 1.36 bits per heavy atom. The molecule has 3 N–H and O–H groups in total. The Morgan fingerprint density at radius 3 is 2.36 bits per heavy atom. The lowest BCUT2D eigenvalue weighted by Crippen LogP contribution is -2.19. The molecule has 1 rings (SSSR count). The van der Waals surface area contributed by atoms with Crippen molar-refractivity contribution in [2.75, 3.05) is 5.73 Å². The van der Waals surface area contributed by atoms with Gasteiger partial charge in [0.2, 0.25) is 13.9 Å². The Balaban J connectivity index is 2.90.